The number of nitrogens with one attached hydrogen (secondary N) is 1. The summed E-state index contributed by atoms with van der Waals surface area (Å²) in [6, 6.07) is 12.7. The second-order valence-corrected chi connectivity index (χ2v) is 8.95. The molecule has 156 valence electrons. The Morgan fingerprint density at radius 3 is 2.62 bits per heavy atom. The maximum atomic E-state index is 13.7. The van der Waals surface area contributed by atoms with Gasteiger partial charge in [0, 0.05) is 19.6 Å². The van der Waals surface area contributed by atoms with Crippen LogP contribution in [0.1, 0.15) is 18.4 Å². The van der Waals surface area contributed by atoms with Crippen LogP contribution in [-0.4, -0.2) is 45.4 Å². The molecule has 0 spiro atoms. The maximum absolute atomic E-state index is 13.7. The van der Waals surface area contributed by atoms with E-state index >= 15 is 0 Å². The molecule has 8 heteroatoms. The summed E-state index contributed by atoms with van der Waals surface area (Å²) in [6.45, 7) is 0.828. The quantitative estimate of drug-likeness (QED) is 0.747. The summed E-state index contributed by atoms with van der Waals surface area (Å²) in [4.78, 5) is 12.7. The third-order valence-corrected chi connectivity index (χ3v) is 6.98. The zero-order chi connectivity index (χ0) is 20.9. The SMILES string of the molecule is COc1ccc(S(=O)(=O)N2CCCC(C(=O)NCCc3ccccc3F)C2)cc1. The number of rotatable bonds is 7. The number of amides is 1. The Hall–Kier alpha value is -2.45. The van der Waals surface area contributed by atoms with E-state index in [-0.39, 0.29) is 23.2 Å². The van der Waals surface area contributed by atoms with Crippen molar-refractivity contribution in [1.29, 1.82) is 0 Å². The van der Waals surface area contributed by atoms with Gasteiger partial charge in [0.25, 0.3) is 0 Å². The van der Waals surface area contributed by atoms with Gasteiger partial charge in [-0.3, -0.25) is 4.79 Å². The standard InChI is InChI=1S/C21H25FN2O4S/c1-28-18-8-10-19(11-9-18)29(26,27)24-14-4-6-17(15-24)21(25)23-13-12-16-5-2-3-7-20(16)22/h2-3,5,7-11,17H,4,6,12-15H2,1H3,(H,23,25). The van der Waals surface area contributed by atoms with E-state index in [0.29, 0.717) is 43.7 Å². The molecule has 1 fully saturated rings. The second kappa shape index (κ2) is 9.37. The number of nitrogens with zero attached hydrogens (tertiary/aromatic N) is 1. The van der Waals surface area contributed by atoms with Crippen LogP contribution < -0.4 is 10.1 Å². The van der Waals surface area contributed by atoms with Gasteiger partial charge in [0.15, 0.2) is 0 Å². The first-order chi connectivity index (χ1) is 13.9. The minimum Gasteiger partial charge on any atom is -0.497 e. The molecule has 1 amide bonds. The van der Waals surface area contributed by atoms with Gasteiger partial charge >= 0.3 is 0 Å². The average molecular weight is 421 g/mol. The van der Waals surface area contributed by atoms with Crippen LogP contribution in [0.5, 0.6) is 5.75 Å². The van der Waals surface area contributed by atoms with Crippen LogP contribution in [-0.2, 0) is 21.2 Å². The summed E-state index contributed by atoms with van der Waals surface area (Å²) in [7, 11) is -2.16. The van der Waals surface area contributed by atoms with Crippen molar-refractivity contribution in [2.24, 2.45) is 5.92 Å². The van der Waals surface area contributed by atoms with E-state index in [1.807, 2.05) is 0 Å². The minimum absolute atomic E-state index is 0.139. The van der Waals surface area contributed by atoms with Crippen molar-refractivity contribution in [2.75, 3.05) is 26.7 Å². The van der Waals surface area contributed by atoms with Crippen LogP contribution in [0.2, 0.25) is 0 Å². The lowest BCUT2D eigenvalue weighted by Gasteiger charge is -2.31. The Morgan fingerprint density at radius 2 is 1.93 bits per heavy atom. The van der Waals surface area contributed by atoms with Gasteiger partial charge in [-0.25, -0.2) is 12.8 Å². The first-order valence-corrected chi connectivity index (χ1v) is 11.0. The van der Waals surface area contributed by atoms with Crippen LogP contribution in [0.3, 0.4) is 0 Å². The highest BCUT2D eigenvalue weighted by atomic mass is 32.2. The monoisotopic (exact) mass is 420 g/mol. The van der Waals surface area contributed by atoms with Crippen LogP contribution >= 0.6 is 0 Å². The van der Waals surface area contributed by atoms with E-state index in [1.165, 1.54) is 29.6 Å². The fourth-order valence-corrected chi connectivity index (χ4v) is 4.96. The lowest BCUT2D eigenvalue weighted by atomic mass is 9.99. The Balaban J connectivity index is 1.59. The number of carbonyl (C=O) groups is 1. The summed E-state index contributed by atoms with van der Waals surface area (Å²) in [6.07, 6.45) is 1.62. The highest BCUT2D eigenvalue weighted by Gasteiger charge is 2.33. The van der Waals surface area contributed by atoms with Gasteiger partial charge in [0.2, 0.25) is 15.9 Å². The smallest absolute Gasteiger partial charge is 0.243 e. The highest BCUT2D eigenvalue weighted by molar-refractivity contribution is 7.89. The molecule has 29 heavy (non-hydrogen) atoms. The van der Waals surface area contributed by atoms with E-state index < -0.39 is 15.9 Å². The molecule has 2 aromatic rings. The molecular weight excluding hydrogens is 395 g/mol. The fraction of sp³-hybridized carbons (Fsp3) is 0.381. The summed E-state index contributed by atoms with van der Waals surface area (Å²) in [5, 5.41) is 2.81. The number of piperidine rings is 1. The largest absolute Gasteiger partial charge is 0.497 e. The van der Waals surface area contributed by atoms with Gasteiger partial charge in [-0.1, -0.05) is 18.2 Å². The first kappa shape index (κ1) is 21.3. The van der Waals surface area contributed by atoms with E-state index in [0.717, 1.165) is 0 Å². The Bertz CT molecular complexity index is 947. The molecule has 2 aromatic carbocycles. The third-order valence-electron chi connectivity index (χ3n) is 5.10. The van der Waals surface area contributed by atoms with Gasteiger partial charge in [-0.2, -0.15) is 4.31 Å². The number of ether oxygens (including phenoxy) is 1. The van der Waals surface area contributed by atoms with Crippen LogP contribution in [0.15, 0.2) is 53.4 Å². The van der Waals surface area contributed by atoms with Crippen LogP contribution in [0, 0.1) is 11.7 Å². The number of sulfonamides is 1. The van der Waals surface area contributed by atoms with Gasteiger partial charge in [0.05, 0.1) is 17.9 Å². The molecule has 6 nitrogen and oxygen atoms in total. The Kier molecular flexibility index (Phi) is 6.87. The van der Waals surface area contributed by atoms with E-state index in [1.54, 1.807) is 30.3 Å². The highest BCUT2D eigenvalue weighted by Crippen LogP contribution is 2.25. The molecule has 1 unspecified atom stereocenters. The molecule has 1 saturated heterocycles. The third kappa shape index (κ3) is 5.13. The fourth-order valence-electron chi connectivity index (χ4n) is 3.44. The molecule has 0 saturated carbocycles. The van der Waals surface area contributed by atoms with Gasteiger partial charge in [0.1, 0.15) is 11.6 Å². The summed E-state index contributed by atoms with van der Waals surface area (Å²) in [5.74, 6) is -0.334. The van der Waals surface area contributed by atoms with Crippen molar-refractivity contribution in [3.63, 3.8) is 0 Å². The molecule has 0 aliphatic carbocycles. The number of hydrogen-bond donors (Lipinski definition) is 1. The van der Waals surface area contributed by atoms with Crippen molar-refractivity contribution >= 4 is 15.9 Å². The molecule has 1 N–H and O–H groups in total. The predicted molar refractivity (Wildman–Crippen MR) is 108 cm³/mol. The van der Waals surface area contributed by atoms with Crippen molar-refractivity contribution in [3.05, 3.63) is 59.9 Å². The van der Waals surface area contributed by atoms with Gasteiger partial charge in [-0.15, -0.1) is 0 Å². The van der Waals surface area contributed by atoms with E-state index in [2.05, 4.69) is 5.32 Å². The van der Waals surface area contributed by atoms with Gasteiger partial charge < -0.3 is 10.1 Å². The number of benzene rings is 2. The Morgan fingerprint density at radius 1 is 1.21 bits per heavy atom. The lowest BCUT2D eigenvalue weighted by Crippen LogP contribution is -2.45. The number of methoxy groups -OCH3 is 1. The topological polar surface area (TPSA) is 75.7 Å². The molecule has 1 heterocycles. The molecule has 0 aromatic heterocycles. The van der Waals surface area contributed by atoms with Crippen LogP contribution in [0.25, 0.3) is 0 Å². The predicted octanol–water partition coefficient (Wildman–Crippen LogP) is 2.59. The van der Waals surface area contributed by atoms with E-state index in [4.69, 9.17) is 4.74 Å². The summed E-state index contributed by atoms with van der Waals surface area (Å²) < 4.78 is 45.9. The number of halogens is 1. The molecular formula is C21H25FN2O4S. The first-order valence-electron chi connectivity index (χ1n) is 9.57. The Labute approximate surface area is 170 Å². The summed E-state index contributed by atoms with van der Waals surface area (Å²) >= 11 is 0. The normalized spacial score (nSPS) is 17.7. The number of carbonyl (C=O) groups excluding carboxylic acids is 1. The summed E-state index contributed by atoms with van der Waals surface area (Å²) in [5.41, 5.74) is 0.542. The average Bonchev–Trinajstić information content (AvgIpc) is 2.75. The van der Waals surface area contributed by atoms with Crippen molar-refractivity contribution in [3.8, 4) is 5.75 Å². The zero-order valence-corrected chi connectivity index (χ0v) is 17.1. The lowest BCUT2D eigenvalue weighted by molar-refractivity contribution is -0.126. The van der Waals surface area contributed by atoms with Crippen molar-refractivity contribution in [2.45, 2.75) is 24.2 Å². The van der Waals surface area contributed by atoms with Crippen molar-refractivity contribution < 1.29 is 22.3 Å². The van der Waals surface area contributed by atoms with Crippen LogP contribution in [0.4, 0.5) is 4.39 Å². The van der Waals surface area contributed by atoms with E-state index in [9.17, 15) is 17.6 Å². The van der Waals surface area contributed by atoms with Crippen molar-refractivity contribution in [1.82, 2.24) is 9.62 Å². The molecule has 1 aliphatic heterocycles. The molecule has 1 atom stereocenters. The minimum atomic E-state index is -3.67. The maximum Gasteiger partial charge on any atom is 0.243 e. The molecule has 0 bridgehead atoms. The van der Waals surface area contributed by atoms with Gasteiger partial charge in [-0.05, 0) is 55.2 Å². The molecule has 3 rings (SSSR count). The number of hydrogen-bond acceptors (Lipinski definition) is 4. The molecule has 1 aliphatic rings. The zero-order valence-electron chi connectivity index (χ0n) is 16.3. The second-order valence-electron chi connectivity index (χ2n) is 7.01. The molecule has 0 radical (unpaired) electrons.